The van der Waals surface area contributed by atoms with Crippen LogP contribution in [-0.4, -0.2) is 69.4 Å². The average molecular weight is 244 g/mol. The molecule has 17 heavy (non-hydrogen) atoms. The maximum atomic E-state index is 11.2. The summed E-state index contributed by atoms with van der Waals surface area (Å²) in [6.07, 6.45) is 0. The number of hydrogen-bond acceptors (Lipinski definition) is 4. The fourth-order valence-corrected chi connectivity index (χ4v) is 1.70. The molecule has 94 valence electrons. The van der Waals surface area contributed by atoms with Gasteiger partial charge >= 0.3 is 23.8 Å². The van der Waals surface area contributed by atoms with Crippen LogP contribution in [0.15, 0.2) is 0 Å². The molecule has 0 spiro atoms. The van der Waals surface area contributed by atoms with Crippen LogP contribution >= 0.6 is 0 Å². The van der Waals surface area contributed by atoms with Crippen LogP contribution in [0.5, 0.6) is 0 Å². The first kappa shape index (κ1) is 12.9. The van der Waals surface area contributed by atoms with E-state index < -0.39 is 29.8 Å². The lowest BCUT2D eigenvalue weighted by molar-refractivity contribution is -0.162. The lowest BCUT2D eigenvalue weighted by atomic mass is 10.2. The molecule has 0 saturated carbocycles. The lowest BCUT2D eigenvalue weighted by Gasteiger charge is -2.38. The summed E-state index contributed by atoms with van der Waals surface area (Å²) in [5.74, 6) is -5.20. The second-order valence-corrected chi connectivity index (χ2v) is 3.71. The van der Waals surface area contributed by atoms with Gasteiger partial charge in [-0.2, -0.15) is 0 Å². The number of carboxylic acids is 2. The quantitative estimate of drug-likeness (QED) is 0.486. The van der Waals surface area contributed by atoms with E-state index in [9.17, 15) is 19.2 Å². The van der Waals surface area contributed by atoms with Crippen molar-refractivity contribution in [2.45, 2.75) is 13.0 Å². The number of carboxylic acid groups (broad SMARTS) is 2. The molecule has 1 aliphatic heterocycles. The van der Waals surface area contributed by atoms with Crippen LogP contribution in [0, 0.1) is 0 Å². The number of aliphatic carboxylic acids is 2. The normalized spacial score (nSPS) is 19.9. The number of amides is 2. The van der Waals surface area contributed by atoms with Crippen LogP contribution in [0.4, 0.5) is 0 Å². The minimum Gasteiger partial charge on any atom is -0.474 e. The van der Waals surface area contributed by atoms with Crippen LogP contribution in [0.25, 0.3) is 0 Å². The average Bonchev–Trinajstić information content (AvgIpc) is 2.26. The van der Waals surface area contributed by atoms with Crippen molar-refractivity contribution in [2.75, 3.05) is 19.6 Å². The zero-order valence-electron chi connectivity index (χ0n) is 9.12. The van der Waals surface area contributed by atoms with Crippen molar-refractivity contribution in [3.63, 3.8) is 0 Å². The van der Waals surface area contributed by atoms with Crippen LogP contribution in [0.2, 0.25) is 0 Å². The van der Waals surface area contributed by atoms with Gasteiger partial charge in [0.1, 0.15) is 0 Å². The molecule has 0 aromatic carbocycles. The summed E-state index contributed by atoms with van der Waals surface area (Å²) < 4.78 is 0. The molecule has 8 heteroatoms. The Morgan fingerprint density at radius 1 is 1.00 bits per heavy atom. The van der Waals surface area contributed by atoms with Gasteiger partial charge in [0.2, 0.25) is 0 Å². The molecule has 1 aliphatic rings. The molecular formula is C9H12N2O6. The Morgan fingerprint density at radius 3 is 1.94 bits per heavy atom. The topological polar surface area (TPSA) is 115 Å². The van der Waals surface area contributed by atoms with Crippen molar-refractivity contribution >= 4 is 23.8 Å². The van der Waals surface area contributed by atoms with Crippen molar-refractivity contribution in [3.8, 4) is 0 Å². The summed E-state index contributed by atoms with van der Waals surface area (Å²) in [6.45, 7) is 1.62. The number of piperazine rings is 1. The second kappa shape index (κ2) is 4.81. The SMILES string of the molecule is CC1CN(C(=O)C(=O)O)CCN1C(=O)C(=O)O. The highest BCUT2D eigenvalue weighted by Crippen LogP contribution is 2.10. The van der Waals surface area contributed by atoms with E-state index in [2.05, 4.69) is 0 Å². The van der Waals surface area contributed by atoms with Gasteiger partial charge in [0.25, 0.3) is 0 Å². The highest BCUT2D eigenvalue weighted by Gasteiger charge is 2.34. The fourth-order valence-electron chi connectivity index (χ4n) is 1.70. The fraction of sp³-hybridized carbons (Fsp3) is 0.556. The number of rotatable bonds is 0. The number of carbonyl (C=O) groups excluding carboxylic acids is 2. The third-order valence-corrected chi connectivity index (χ3v) is 2.54. The van der Waals surface area contributed by atoms with Gasteiger partial charge in [-0.1, -0.05) is 0 Å². The Morgan fingerprint density at radius 2 is 1.53 bits per heavy atom. The molecule has 1 atom stereocenters. The summed E-state index contributed by atoms with van der Waals surface area (Å²) in [4.78, 5) is 45.5. The van der Waals surface area contributed by atoms with E-state index in [-0.39, 0.29) is 19.6 Å². The van der Waals surface area contributed by atoms with E-state index in [1.54, 1.807) is 6.92 Å². The van der Waals surface area contributed by atoms with E-state index >= 15 is 0 Å². The van der Waals surface area contributed by atoms with E-state index in [0.29, 0.717) is 0 Å². The molecule has 0 aromatic rings. The van der Waals surface area contributed by atoms with Crippen molar-refractivity contribution in [3.05, 3.63) is 0 Å². The summed E-state index contributed by atoms with van der Waals surface area (Å²) in [5.41, 5.74) is 0. The summed E-state index contributed by atoms with van der Waals surface area (Å²) >= 11 is 0. The van der Waals surface area contributed by atoms with Crippen molar-refractivity contribution in [1.29, 1.82) is 0 Å². The van der Waals surface area contributed by atoms with E-state index in [1.165, 1.54) is 0 Å². The van der Waals surface area contributed by atoms with Crippen molar-refractivity contribution in [2.24, 2.45) is 0 Å². The number of nitrogens with zero attached hydrogens (tertiary/aromatic N) is 2. The van der Waals surface area contributed by atoms with Crippen LogP contribution in [0.1, 0.15) is 6.92 Å². The van der Waals surface area contributed by atoms with Gasteiger partial charge in [0.15, 0.2) is 0 Å². The van der Waals surface area contributed by atoms with Gasteiger partial charge in [0.05, 0.1) is 0 Å². The minimum atomic E-state index is -1.56. The summed E-state index contributed by atoms with van der Waals surface area (Å²) in [6, 6.07) is -0.518. The highest BCUT2D eigenvalue weighted by molar-refractivity contribution is 6.32. The molecule has 1 heterocycles. The largest absolute Gasteiger partial charge is 0.474 e. The zero-order chi connectivity index (χ0) is 13.2. The van der Waals surface area contributed by atoms with Gasteiger partial charge in [-0.15, -0.1) is 0 Å². The van der Waals surface area contributed by atoms with Crippen molar-refractivity contribution in [1.82, 2.24) is 9.80 Å². The molecule has 0 bridgehead atoms. The van der Waals surface area contributed by atoms with E-state index in [0.717, 1.165) is 9.80 Å². The van der Waals surface area contributed by atoms with E-state index in [4.69, 9.17) is 10.2 Å². The van der Waals surface area contributed by atoms with Crippen LogP contribution in [-0.2, 0) is 19.2 Å². The Hall–Kier alpha value is -2.12. The first-order valence-corrected chi connectivity index (χ1v) is 4.90. The third kappa shape index (κ3) is 2.71. The second-order valence-electron chi connectivity index (χ2n) is 3.71. The number of hydrogen-bond donors (Lipinski definition) is 2. The van der Waals surface area contributed by atoms with Gasteiger partial charge in [0, 0.05) is 25.7 Å². The van der Waals surface area contributed by atoms with Gasteiger partial charge < -0.3 is 20.0 Å². The maximum Gasteiger partial charge on any atom is 0.394 e. The maximum absolute atomic E-state index is 11.2. The molecule has 8 nitrogen and oxygen atoms in total. The molecule has 1 saturated heterocycles. The molecule has 2 N–H and O–H groups in total. The smallest absolute Gasteiger partial charge is 0.394 e. The van der Waals surface area contributed by atoms with Crippen LogP contribution in [0.3, 0.4) is 0 Å². The summed E-state index contributed by atoms with van der Waals surface area (Å²) in [5, 5.41) is 17.1. The Kier molecular flexibility index (Phi) is 3.66. The Labute approximate surface area is 96.4 Å². The molecule has 1 unspecified atom stereocenters. The lowest BCUT2D eigenvalue weighted by Crippen LogP contribution is -2.57. The molecule has 1 rings (SSSR count). The Balaban J connectivity index is 2.68. The molecular weight excluding hydrogens is 232 g/mol. The van der Waals surface area contributed by atoms with E-state index in [1.807, 2.05) is 0 Å². The highest BCUT2D eigenvalue weighted by atomic mass is 16.4. The molecule has 0 aliphatic carbocycles. The van der Waals surface area contributed by atoms with Gasteiger partial charge in [-0.25, -0.2) is 9.59 Å². The molecule has 0 aromatic heterocycles. The first-order chi connectivity index (χ1) is 7.84. The first-order valence-electron chi connectivity index (χ1n) is 4.90. The monoisotopic (exact) mass is 244 g/mol. The Bertz CT molecular complexity index is 380. The summed E-state index contributed by atoms with van der Waals surface area (Å²) in [7, 11) is 0. The zero-order valence-corrected chi connectivity index (χ0v) is 9.12. The third-order valence-electron chi connectivity index (χ3n) is 2.54. The van der Waals surface area contributed by atoms with Crippen molar-refractivity contribution < 1.29 is 29.4 Å². The molecule has 2 amide bonds. The molecule has 1 fully saturated rings. The predicted octanol–water partition coefficient (Wildman–Crippen LogP) is -1.79. The molecule has 0 radical (unpaired) electrons. The van der Waals surface area contributed by atoms with Gasteiger partial charge in [-0.3, -0.25) is 9.59 Å². The standard InChI is InChI=1S/C9H12N2O6/c1-5-4-10(6(12)8(14)15)2-3-11(5)7(13)9(16)17/h5H,2-4H2,1H3,(H,14,15)(H,16,17). The minimum absolute atomic E-state index is 0.0180. The van der Waals surface area contributed by atoms with Gasteiger partial charge in [-0.05, 0) is 6.92 Å². The van der Waals surface area contributed by atoms with Crippen LogP contribution < -0.4 is 0 Å². The predicted molar refractivity (Wildman–Crippen MR) is 53.0 cm³/mol. The number of carbonyl (C=O) groups is 4.